The quantitative estimate of drug-likeness (QED) is 0.434. The molecule has 142 valence electrons. The number of imidazole rings is 1. The number of amides is 2. The van der Waals surface area contributed by atoms with Crippen LogP contribution in [-0.2, 0) is 16.0 Å². The van der Waals surface area contributed by atoms with E-state index in [-0.39, 0.29) is 11.8 Å². The van der Waals surface area contributed by atoms with Crippen LogP contribution in [-0.4, -0.2) is 38.3 Å². The number of para-hydroxylation sites is 1. The topological polar surface area (TPSA) is 129 Å². The normalized spacial score (nSPS) is 14.5. The standard InChI is InChI=1S/C19H24N6O2/c1-3-19(2,20)18(27)24-15(17(26)25-16-10-21-11-23-16)8-12-9-22-14-7-5-4-6-13(12)14/h4-7,9-11,15,22H,3,8,20H2,1-2H3,(H,21,23)(H,24,27)(H,25,26). The van der Waals surface area contributed by atoms with Gasteiger partial charge in [-0.3, -0.25) is 9.59 Å². The van der Waals surface area contributed by atoms with Gasteiger partial charge in [0.1, 0.15) is 11.9 Å². The zero-order valence-corrected chi connectivity index (χ0v) is 15.4. The van der Waals surface area contributed by atoms with Crippen molar-refractivity contribution in [2.75, 3.05) is 5.32 Å². The van der Waals surface area contributed by atoms with Crippen LogP contribution in [0.25, 0.3) is 10.9 Å². The fourth-order valence-electron chi connectivity index (χ4n) is 2.76. The summed E-state index contributed by atoms with van der Waals surface area (Å²) >= 11 is 0. The average Bonchev–Trinajstić information content (AvgIpc) is 3.31. The van der Waals surface area contributed by atoms with Gasteiger partial charge in [0.05, 0.1) is 18.1 Å². The number of aromatic nitrogens is 3. The SMILES string of the molecule is CCC(C)(N)C(=O)NC(Cc1c[nH]c2ccccc12)C(=O)Nc1cnc[nH]1. The van der Waals surface area contributed by atoms with Crippen molar-refractivity contribution in [1.29, 1.82) is 0 Å². The molecule has 0 radical (unpaired) electrons. The number of hydrogen-bond donors (Lipinski definition) is 5. The Labute approximate surface area is 156 Å². The highest BCUT2D eigenvalue weighted by Gasteiger charge is 2.31. The molecule has 2 aromatic heterocycles. The maximum absolute atomic E-state index is 12.8. The molecule has 3 aromatic rings. The Bertz CT molecular complexity index is 929. The number of anilines is 1. The minimum atomic E-state index is -1.05. The molecule has 1 aromatic carbocycles. The van der Waals surface area contributed by atoms with Gasteiger partial charge in [-0.05, 0) is 25.0 Å². The van der Waals surface area contributed by atoms with Crippen LogP contribution in [0.4, 0.5) is 5.82 Å². The van der Waals surface area contributed by atoms with E-state index in [0.717, 1.165) is 16.5 Å². The lowest BCUT2D eigenvalue weighted by molar-refractivity contribution is -0.130. The van der Waals surface area contributed by atoms with Crippen molar-refractivity contribution in [1.82, 2.24) is 20.3 Å². The summed E-state index contributed by atoms with van der Waals surface area (Å²) in [7, 11) is 0. The monoisotopic (exact) mass is 368 g/mol. The first-order valence-electron chi connectivity index (χ1n) is 8.85. The molecule has 0 bridgehead atoms. The Hall–Kier alpha value is -3.13. The lowest BCUT2D eigenvalue weighted by atomic mass is 9.97. The van der Waals surface area contributed by atoms with Crippen LogP contribution in [0.3, 0.4) is 0 Å². The Morgan fingerprint density at radius 1 is 1.30 bits per heavy atom. The largest absolute Gasteiger partial charge is 0.361 e. The summed E-state index contributed by atoms with van der Waals surface area (Å²) in [6.45, 7) is 3.48. The summed E-state index contributed by atoms with van der Waals surface area (Å²) in [5.74, 6) is -0.247. The van der Waals surface area contributed by atoms with Crippen molar-refractivity contribution in [3.63, 3.8) is 0 Å². The van der Waals surface area contributed by atoms with Crippen LogP contribution in [0.15, 0.2) is 43.0 Å². The predicted octanol–water partition coefficient (Wildman–Crippen LogP) is 1.68. The number of rotatable bonds is 7. The number of nitrogens with zero attached hydrogens (tertiary/aromatic N) is 1. The first kappa shape index (κ1) is 18.7. The highest BCUT2D eigenvalue weighted by molar-refractivity contribution is 5.98. The minimum absolute atomic E-state index is 0.329. The molecule has 2 amide bonds. The van der Waals surface area contributed by atoms with Crippen LogP contribution in [0, 0.1) is 0 Å². The lowest BCUT2D eigenvalue weighted by Crippen LogP contribution is -2.56. The lowest BCUT2D eigenvalue weighted by Gasteiger charge is -2.25. The van der Waals surface area contributed by atoms with Gasteiger partial charge >= 0.3 is 0 Å². The number of hydrogen-bond acceptors (Lipinski definition) is 4. The van der Waals surface area contributed by atoms with E-state index in [4.69, 9.17) is 5.73 Å². The molecular formula is C19H24N6O2. The summed E-state index contributed by atoms with van der Waals surface area (Å²) in [6, 6.07) is 7.03. The average molecular weight is 368 g/mol. The zero-order chi connectivity index (χ0) is 19.4. The number of aromatic amines is 2. The van der Waals surface area contributed by atoms with E-state index >= 15 is 0 Å². The molecular weight excluding hydrogens is 344 g/mol. The molecule has 2 heterocycles. The molecule has 0 saturated heterocycles. The number of carbonyl (C=O) groups excluding carboxylic acids is 2. The van der Waals surface area contributed by atoms with Gasteiger partial charge < -0.3 is 26.3 Å². The van der Waals surface area contributed by atoms with Crippen molar-refractivity contribution >= 4 is 28.5 Å². The number of carbonyl (C=O) groups is 2. The van der Waals surface area contributed by atoms with Crippen molar-refractivity contribution in [3.8, 4) is 0 Å². The van der Waals surface area contributed by atoms with E-state index in [9.17, 15) is 9.59 Å². The molecule has 8 nitrogen and oxygen atoms in total. The maximum atomic E-state index is 12.8. The van der Waals surface area contributed by atoms with Gasteiger partial charge in [0.2, 0.25) is 11.8 Å². The number of H-pyrrole nitrogens is 2. The van der Waals surface area contributed by atoms with Crippen molar-refractivity contribution < 1.29 is 9.59 Å². The molecule has 0 fully saturated rings. The third-order valence-corrected chi connectivity index (χ3v) is 4.73. The van der Waals surface area contributed by atoms with Crippen LogP contribution < -0.4 is 16.4 Å². The number of benzene rings is 1. The Morgan fingerprint density at radius 2 is 2.07 bits per heavy atom. The second-order valence-corrected chi connectivity index (χ2v) is 6.82. The fraction of sp³-hybridized carbons (Fsp3) is 0.316. The predicted molar refractivity (Wildman–Crippen MR) is 104 cm³/mol. The molecule has 2 unspecified atom stereocenters. The highest BCUT2D eigenvalue weighted by atomic mass is 16.2. The van der Waals surface area contributed by atoms with Gasteiger partial charge in [-0.25, -0.2) is 4.98 Å². The van der Waals surface area contributed by atoms with Gasteiger partial charge in [-0.1, -0.05) is 25.1 Å². The fourth-order valence-corrected chi connectivity index (χ4v) is 2.76. The molecule has 27 heavy (non-hydrogen) atoms. The summed E-state index contributed by atoms with van der Waals surface area (Å²) in [6.07, 6.45) is 5.61. The van der Waals surface area contributed by atoms with Gasteiger partial charge in [0.25, 0.3) is 0 Å². The second-order valence-electron chi connectivity index (χ2n) is 6.82. The summed E-state index contributed by atoms with van der Waals surface area (Å²) < 4.78 is 0. The Morgan fingerprint density at radius 3 is 2.78 bits per heavy atom. The van der Waals surface area contributed by atoms with E-state index in [1.807, 2.05) is 37.4 Å². The smallest absolute Gasteiger partial charge is 0.248 e. The molecule has 0 spiro atoms. The molecule has 0 aliphatic rings. The first-order valence-corrected chi connectivity index (χ1v) is 8.85. The van der Waals surface area contributed by atoms with Crippen molar-refractivity contribution in [2.45, 2.75) is 38.3 Å². The van der Waals surface area contributed by atoms with Gasteiger partial charge in [-0.15, -0.1) is 0 Å². The number of nitrogens with one attached hydrogen (secondary N) is 4. The second kappa shape index (κ2) is 7.63. The summed E-state index contributed by atoms with van der Waals surface area (Å²) in [4.78, 5) is 35.2. The third-order valence-electron chi connectivity index (χ3n) is 4.73. The van der Waals surface area contributed by atoms with E-state index in [1.54, 1.807) is 6.92 Å². The number of nitrogens with two attached hydrogens (primary N) is 1. The van der Waals surface area contributed by atoms with Gasteiger partial charge in [0, 0.05) is 23.5 Å². The van der Waals surface area contributed by atoms with E-state index in [1.165, 1.54) is 12.5 Å². The first-order chi connectivity index (χ1) is 12.9. The summed E-state index contributed by atoms with van der Waals surface area (Å²) in [5.41, 5.74) is 6.90. The molecule has 3 rings (SSSR count). The molecule has 2 atom stereocenters. The minimum Gasteiger partial charge on any atom is -0.361 e. The van der Waals surface area contributed by atoms with Crippen molar-refractivity contribution in [2.24, 2.45) is 5.73 Å². The van der Waals surface area contributed by atoms with Crippen molar-refractivity contribution in [3.05, 3.63) is 48.5 Å². The van der Waals surface area contributed by atoms with Gasteiger partial charge in [0.15, 0.2) is 0 Å². The number of fused-ring (bicyclic) bond motifs is 1. The van der Waals surface area contributed by atoms with Crippen LogP contribution in [0.1, 0.15) is 25.8 Å². The van der Waals surface area contributed by atoms with Crippen LogP contribution in [0.5, 0.6) is 0 Å². The van der Waals surface area contributed by atoms with Gasteiger partial charge in [-0.2, -0.15) is 0 Å². The third kappa shape index (κ3) is 4.17. The van der Waals surface area contributed by atoms with E-state index in [2.05, 4.69) is 25.6 Å². The molecule has 0 aliphatic carbocycles. The molecule has 0 aliphatic heterocycles. The van der Waals surface area contributed by atoms with E-state index < -0.39 is 11.6 Å². The van der Waals surface area contributed by atoms with Crippen LogP contribution in [0.2, 0.25) is 0 Å². The molecule has 0 saturated carbocycles. The zero-order valence-electron chi connectivity index (χ0n) is 15.4. The Kier molecular flexibility index (Phi) is 5.27. The molecule has 6 N–H and O–H groups in total. The molecule has 8 heteroatoms. The highest BCUT2D eigenvalue weighted by Crippen LogP contribution is 2.20. The van der Waals surface area contributed by atoms with E-state index in [0.29, 0.717) is 18.7 Å². The van der Waals surface area contributed by atoms with Crippen LogP contribution >= 0.6 is 0 Å². The summed E-state index contributed by atoms with van der Waals surface area (Å²) in [5, 5.41) is 6.55. The maximum Gasteiger partial charge on any atom is 0.248 e. The Balaban J connectivity index is 1.84.